The standard InChI is InChI=1S/C17H24N2O6S/c1-13-4-5-15(10-14(13)2)26(22,23)19-8-6-18(7-9-19)16(20)11-25-17(21)12-24-3/h4-5,10H,6-9,11-12H2,1-3H3. The van der Waals surface area contributed by atoms with Gasteiger partial charge in [0, 0.05) is 33.3 Å². The minimum atomic E-state index is -3.59. The SMILES string of the molecule is COCC(=O)OCC(=O)N1CCN(S(=O)(=O)c2ccc(C)c(C)c2)CC1. The van der Waals surface area contributed by atoms with E-state index in [2.05, 4.69) is 4.74 Å². The fourth-order valence-corrected chi connectivity index (χ4v) is 4.10. The molecule has 0 radical (unpaired) electrons. The number of carbonyl (C=O) groups is 2. The van der Waals surface area contributed by atoms with Crippen molar-refractivity contribution in [2.75, 3.05) is 46.5 Å². The van der Waals surface area contributed by atoms with Crippen molar-refractivity contribution in [2.45, 2.75) is 18.7 Å². The average Bonchev–Trinajstić information content (AvgIpc) is 2.62. The number of carbonyl (C=O) groups excluding carboxylic acids is 2. The van der Waals surface area contributed by atoms with Crippen LogP contribution < -0.4 is 0 Å². The molecule has 1 saturated heterocycles. The van der Waals surface area contributed by atoms with Gasteiger partial charge in [0.1, 0.15) is 6.61 Å². The molecule has 8 nitrogen and oxygen atoms in total. The number of amides is 1. The Balaban J connectivity index is 1.93. The maximum absolute atomic E-state index is 12.8. The number of esters is 1. The van der Waals surface area contributed by atoms with Gasteiger partial charge < -0.3 is 14.4 Å². The molecule has 0 N–H and O–H groups in total. The number of nitrogens with zero attached hydrogens (tertiary/aromatic N) is 2. The monoisotopic (exact) mass is 384 g/mol. The van der Waals surface area contributed by atoms with E-state index in [-0.39, 0.29) is 50.2 Å². The molecule has 0 aliphatic carbocycles. The number of sulfonamides is 1. The molecule has 0 aromatic heterocycles. The molecule has 0 bridgehead atoms. The number of hydrogen-bond acceptors (Lipinski definition) is 6. The largest absolute Gasteiger partial charge is 0.454 e. The van der Waals surface area contributed by atoms with Crippen molar-refractivity contribution < 1.29 is 27.5 Å². The zero-order valence-corrected chi connectivity index (χ0v) is 16.0. The molecular weight excluding hydrogens is 360 g/mol. The summed E-state index contributed by atoms with van der Waals surface area (Å²) in [7, 11) is -2.23. The predicted octanol–water partition coefficient (Wildman–Crippen LogP) is 0.326. The molecule has 1 aromatic rings. The van der Waals surface area contributed by atoms with E-state index >= 15 is 0 Å². The van der Waals surface area contributed by atoms with E-state index < -0.39 is 16.0 Å². The molecular formula is C17H24N2O6S. The first-order valence-electron chi connectivity index (χ1n) is 8.25. The highest BCUT2D eigenvalue weighted by Crippen LogP contribution is 2.20. The summed E-state index contributed by atoms with van der Waals surface area (Å²) in [6.07, 6.45) is 0. The molecule has 1 heterocycles. The van der Waals surface area contributed by atoms with Crippen LogP contribution in [0.15, 0.2) is 23.1 Å². The van der Waals surface area contributed by atoms with E-state index in [9.17, 15) is 18.0 Å². The zero-order valence-electron chi connectivity index (χ0n) is 15.2. The first-order valence-corrected chi connectivity index (χ1v) is 9.69. The number of rotatable bonds is 6. The van der Waals surface area contributed by atoms with Gasteiger partial charge in [-0.05, 0) is 37.1 Å². The quantitative estimate of drug-likeness (QED) is 0.656. The van der Waals surface area contributed by atoms with Crippen LogP contribution in [-0.2, 0) is 29.1 Å². The molecule has 1 aliphatic heterocycles. The number of ether oxygens (including phenoxy) is 2. The maximum atomic E-state index is 12.8. The molecule has 26 heavy (non-hydrogen) atoms. The number of piperazine rings is 1. The maximum Gasteiger partial charge on any atom is 0.332 e. The van der Waals surface area contributed by atoms with E-state index in [0.29, 0.717) is 0 Å². The Morgan fingerprint density at radius 3 is 2.27 bits per heavy atom. The van der Waals surface area contributed by atoms with Gasteiger partial charge in [0.15, 0.2) is 6.61 Å². The van der Waals surface area contributed by atoms with Gasteiger partial charge in [-0.2, -0.15) is 4.31 Å². The van der Waals surface area contributed by atoms with Gasteiger partial charge >= 0.3 is 5.97 Å². The van der Waals surface area contributed by atoms with Gasteiger partial charge in [-0.25, -0.2) is 13.2 Å². The molecule has 0 unspecified atom stereocenters. The lowest BCUT2D eigenvalue weighted by Gasteiger charge is -2.34. The Morgan fingerprint density at radius 2 is 1.69 bits per heavy atom. The Labute approximate surface area is 153 Å². The van der Waals surface area contributed by atoms with Crippen molar-refractivity contribution in [1.29, 1.82) is 0 Å². The van der Waals surface area contributed by atoms with Crippen LogP contribution in [-0.4, -0.2) is 76.0 Å². The first kappa shape index (κ1) is 20.3. The minimum Gasteiger partial charge on any atom is -0.454 e. The smallest absolute Gasteiger partial charge is 0.332 e. The Hall–Kier alpha value is -1.97. The Morgan fingerprint density at radius 1 is 1.04 bits per heavy atom. The molecule has 0 atom stereocenters. The molecule has 1 aromatic carbocycles. The topological polar surface area (TPSA) is 93.2 Å². The number of benzene rings is 1. The Kier molecular flexibility index (Phi) is 6.74. The molecule has 1 amide bonds. The van der Waals surface area contributed by atoms with Crippen LogP contribution >= 0.6 is 0 Å². The van der Waals surface area contributed by atoms with Crippen molar-refractivity contribution in [3.8, 4) is 0 Å². The summed E-state index contributed by atoms with van der Waals surface area (Å²) in [6, 6.07) is 5.05. The molecule has 1 fully saturated rings. The zero-order chi connectivity index (χ0) is 19.3. The molecule has 9 heteroatoms. The van der Waals surface area contributed by atoms with Crippen LogP contribution in [0.4, 0.5) is 0 Å². The highest BCUT2D eigenvalue weighted by atomic mass is 32.2. The van der Waals surface area contributed by atoms with Crippen LogP contribution in [0.25, 0.3) is 0 Å². The summed E-state index contributed by atoms with van der Waals surface area (Å²) in [4.78, 5) is 25.0. The molecule has 2 rings (SSSR count). The van der Waals surface area contributed by atoms with Gasteiger partial charge in [0.2, 0.25) is 10.0 Å². The Bertz CT molecular complexity index is 769. The second kappa shape index (κ2) is 8.61. The summed E-state index contributed by atoms with van der Waals surface area (Å²) >= 11 is 0. The van der Waals surface area contributed by atoms with Crippen molar-refractivity contribution in [3.05, 3.63) is 29.3 Å². The van der Waals surface area contributed by atoms with Gasteiger partial charge in [0.05, 0.1) is 4.90 Å². The van der Waals surface area contributed by atoms with Crippen LogP contribution in [0, 0.1) is 13.8 Å². The number of hydrogen-bond donors (Lipinski definition) is 0. The fraction of sp³-hybridized carbons (Fsp3) is 0.529. The fourth-order valence-electron chi connectivity index (χ4n) is 2.59. The van der Waals surface area contributed by atoms with E-state index in [1.807, 2.05) is 13.8 Å². The first-order chi connectivity index (χ1) is 12.3. The lowest BCUT2D eigenvalue weighted by molar-refractivity contribution is -0.155. The lowest BCUT2D eigenvalue weighted by atomic mass is 10.1. The third-order valence-corrected chi connectivity index (χ3v) is 6.22. The van der Waals surface area contributed by atoms with Crippen molar-refractivity contribution in [2.24, 2.45) is 0 Å². The third kappa shape index (κ3) is 4.80. The minimum absolute atomic E-state index is 0.201. The molecule has 0 saturated carbocycles. The van der Waals surface area contributed by atoms with Crippen molar-refractivity contribution in [3.63, 3.8) is 0 Å². The van der Waals surface area contributed by atoms with Crippen molar-refractivity contribution >= 4 is 21.9 Å². The predicted molar refractivity (Wildman–Crippen MR) is 94.1 cm³/mol. The highest BCUT2D eigenvalue weighted by Gasteiger charge is 2.30. The van der Waals surface area contributed by atoms with Crippen LogP contribution in [0.3, 0.4) is 0 Å². The van der Waals surface area contributed by atoms with Crippen molar-refractivity contribution in [1.82, 2.24) is 9.21 Å². The van der Waals surface area contributed by atoms with Crippen LogP contribution in [0.2, 0.25) is 0 Å². The summed E-state index contributed by atoms with van der Waals surface area (Å²) in [5.74, 6) is -0.963. The van der Waals surface area contributed by atoms with Gasteiger partial charge in [0.25, 0.3) is 5.91 Å². The number of aryl methyl sites for hydroxylation is 2. The summed E-state index contributed by atoms with van der Waals surface area (Å²) < 4.78 is 36.3. The normalized spacial score (nSPS) is 15.7. The van der Waals surface area contributed by atoms with Gasteiger partial charge in [-0.15, -0.1) is 0 Å². The lowest BCUT2D eigenvalue weighted by Crippen LogP contribution is -2.51. The summed E-state index contributed by atoms with van der Waals surface area (Å²) in [6.45, 7) is 4.13. The summed E-state index contributed by atoms with van der Waals surface area (Å²) in [5.41, 5.74) is 1.94. The van der Waals surface area contributed by atoms with E-state index in [0.717, 1.165) is 11.1 Å². The van der Waals surface area contributed by atoms with E-state index in [1.165, 1.54) is 16.3 Å². The second-order valence-corrected chi connectivity index (χ2v) is 8.06. The summed E-state index contributed by atoms with van der Waals surface area (Å²) in [5, 5.41) is 0. The molecule has 1 aliphatic rings. The van der Waals surface area contributed by atoms with Crippen LogP contribution in [0.5, 0.6) is 0 Å². The van der Waals surface area contributed by atoms with Crippen LogP contribution in [0.1, 0.15) is 11.1 Å². The second-order valence-electron chi connectivity index (χ2n) is 6.12. The molecule has 144 valence electrons. The average molecular weight is 384 g/mol. The van der Waals surface area contributed by atoms with Gasteiger partial charge in [-0.3, -0.25) is 4.79 Å². The highest BCUT2D eigenvalue weighted by molar-refractivity contribution is 7.89. The van der Waals surface area contributed by atoms with E-state index in [1.54, 1.807) is 18.2 Å². The third-order valence-electron chi connectivity index (χ3n) is 4.33. The van der Waals surface area contributed by atoms with Gasteiger partial charge in [-0.1, -0.05) is 6.07 Å². The number of methoxy groups -OCH3 is 1. The van der Waals surface area contributed by atoms with E-state index in [4.69, 9.17) is 4.74 Å². The molecule has 0 spiro atoms.